The number of rotatable bonds is 3. The van der Waals surface area contributed by atoms with Crippen molar-refractivity contribution in [1.29, 1.82) is 0 Å². The van der Waals surface area contributed by atoms with Crippen LogP contribution >= 0.6 is 27.3 Å². The van der Waals surface area contributed by atoms with Gasteiger partial charge in [-0.05, 0) is 46.8 Å². The first kappa shape index (κ1) is 13.7. The summed E-state index contributed by atoms with van der Waals surface area (Å²) >= 11 is 5.76. The maximum atomic E-state index is 3.90. The molecule has 1 saturated heterocycles. The van der Waals surface area contributed by atoms with E-state index in [1.807, 2.05) is 17.4 Å². The zero-order valence-corrected chi connectivity index (χ0v) is 14.3. The third-order valence-corrected chi connectivity index (χ3v) is 7.04. The van der Waals surface area contributed by atoms with E-state index in [0.717, 1.165) is 6.54 Å². The molecule has 3 heterocycles. The number of fused-ring (bicyclic) bond motifs is 3. The predicted molar refractivity (Wildman–Crippen MR) is 95.8 cm³/mol. The van der Waals surface area contributed by atoms with Gasteiger partial charge in [-0.3, -0.25) is 4.90 Å². The van der Waals surface area contributed by atoms with Crippen LogP contribution in [-0.4, -0.2) is 23.5 Å². The Bertz CT molecular complexity index is 730. The molecule has 0 aliphatic carbocycles. The molecule has 2 aromatic rings. The van der Waals surface area contributed by atoms with Crippen molar-refractivity contribution in [2.24, 2.45) is 0 Å². The van der Waals surface area contributed by atoms with E-state index in [1.54, 1.807) is 0 Å². The molecule has 2 atom stereocenters. The van der Waals surface area contributed by atoms with Crippen LogP contribution in [0.5, 0.6) is 0 Å². The van der Waals surface area contributed by atoms with Gasteiger partial charge in [0.15, 0.2) is 0 Å². The van der Waals surface area contributed by atoms with E-state index in [9.17, 15) is 0 Å². The van der Waals surface area contributed by atoms with Crippen LogP contribution in [0.1, 0.15) is 24.1 Å². The highest BCUT2D eigenvalue weighted by Crippen LogP contribution is 2.45. The zero-order chi connectivity index (χ0) is 14.4. The minimum atomic E-state index is 0.605. The molecule has 1 aromatic heterocycles. The fourth-order valence-electron chi connectivity index (χ4n) is 3.74. The van der Waals surface area contributed by atoms with Gasteiger partial charge >= 0.3 is 0 Å². The average molecular weight is 360 g/mol. The van der Waals surface area contributed by atoms with Gasteiger partial charge in [0, 0.05) is 38.1 Å². The first-order chi connectivity index (χ1) is 10.3. The summed E-state index contributed by atoms with van der Waals surface area (Å²) in [6, 6.07) is 9.98. The smallest absolute Gasteiger partial charge is 0.0455 e. The average Bonchev–Trinajstić information content (AvgIpc) is 2.94. The van der Waals surface area contributed by atoms with E-state index in [1.165, 1.54) is 44.3 Å². The lowest BCUT2D eigenvalue weighted by Crippen LogP contribution is -2.38. The van der Waals surface area contributed by atoms with E-state index in [-0.39, 0.29) is 0 Å². The molecule has 1 aromatic carbocycles. The molecule has 2 unspecified atom stereocenters. The van der Waals surface area contributed by atoms with Crippen molar-refractivity contribution in [1.82, 2.24) is 4.90 Å². The molecule has 0 N–H and O–H groups in total. The van der Waals surface area contributed by atoms with E-state index in [4.69, 9.17) is 0 Å². The van der Waals surface area contributed by atoms with Crippen molar-refractivity contribution in [2.75, 3.05) is 6.54 Å². The Morgan fingerprint density at radius 2 is 2.19 bits per heavy atom. The first-order valence-corrected chi connectivity index (χ1v) is 9.13. The van der Waals surface area contributed by atoms with Gasteiger partial charge in [-0.15, -0.1) is 17.9 Å². The van der Waals surface area contributed by atoms with Crippen molar-refractivity contribution in [3.05, 3.63) is 52.3 Å². The number of hydrogen-bond donors (Lipinski definition) is 0. The van der Waals surface area contributed by atoms with Crippen molar-refractivity contribution >= 4 is 42.9 Å². The van der Waals surface area contributed by atoms with E-state index >= 15 is 0 Å². The molecule has 108 valence electrons. The molecule has 0 radical (unpaired) electrons. The lowest BCUT2D eigenvalue weighted by atomic mass is 9.99. The second-order valence-electron chi connectivity index (χ2n) is 5.92. The Hall–Kier alpha value is -0.900. The van der Waals surface area contributed by atoms with E-state index in [2.05, 4.69) is 57.8 Å². The number of nitrogens with zero attached hydrogens (tertiary/aromatic N) is 1. The second-order valence-corrected chi connectivity index (χ2v) is 7.77. The van der Waals surface area contributed by atoms with Crippen molar-refractivity contribution in [3.63, 3.8) is 0 Å². The maximum absolute atomic E-state index is 3.90. The molecule has 0 saturated carbocycles. The summed E-state index contributed by atoms with van der Waals surface area (Å²) in [6.45, 7) is 4.92. The molecule has 2 bridgehead atoms. The SMILES string of the molecule is C=CCN1C2C=C(c3sc4ccccc4c3Br)CC1CC2. The van der Waals surface area contributed by atoms with Crippen molar-refractivity contribution in [2.45, 2.75) is 31.3 Å². The summed E-state index contributed by atoms with van der Waals surface area (Å²) in [5.74, 6) is 0. The standard InChI is InChI=1S/C18H18BrNS/c1-2-9-20-13-7-8-14(20)11-12(10-13)18-17(19)15-5-3-4-6-16(15)21-18/h2-6,10,13-14H,1,7-9,11H2. The number of thiophene rings is 1. The summed E-state index contributed by atoms with van der Waals surface area (Å²) in [6.07, 6.45) is 8.34. The summed E-state index contributed by atoms with van der Waals surface area (Å²) in [7, 11) is 0. The van der Waals surface area contributed by atoms with E-state index < -0.39 is 0 Å². The van der Waals surface area contributed by atoms with E-state index in [0.29, 0.717) is 12.1 Å². The van der Waals surface area contributed by atoms with Crippen LogP contribution in [0.3, 0.4) is 0 Å². The number of hydrogen-bond acceptors (Lipinski definition) is 2. The summed E-state index contributed by atoms with van der Waals surface area (Å²) in [5, 5.41) is 1.35. The Labute approximate surface area is 138 Å². The van der Waals surface area contributed by atoms with Gasteiger partial charge in [0.25, 0.3) is 0 Å². The lowest BCUT2D eigenvalue weighted by Gasteiger charge is -2.32. The summed E-state index contributed by atoms with van der Waals surface area (Å²) in [4.78, 5) is 4.05. The first-order valence-electron chi connectivity index (χ1n) is 7.52. The van der Waals surface area contributed by atoms with Crippen LogP contribution in [0.2, 0.25) is 0 Å². The van der Waals surface area contributed by atoms with Crippen LogP contribution < -0.4 is 0 Å². The zero-order valence-electron chi connectivity index (χ0n) is 11.9. The van der Waals surface area contributed by atoms with Crippen LogP contribution in [0.4, 0.5) is 0 Å². The molecule has 3 heteroatoms. The number of benzene rings is 1. The van der Waals surface area contributed by atoms with Crippen LogP contribution in [0.25, 0.3) is 15.7 Å². The highest BCUT2D eigenvalue weighted by molar-refractivity contribution is 9.10. The van der Waals surface area contributed by atoms with Crippen LogP contribution in [-0.2, 0) is 0 Å². The summed E-state index contributed by atoms with van der Waals surface area (Å²) < 4.78 is 2.66. The largest absolute Gasteiger partial charge is 0.290 e. The fraction of sp³-hybridized carbons (Fsp3) is 0.333. The van der Waals surface area contributed by atoms with Gasteiger partial charge in [-0.25, -0.2) is 0 Å². The van der Waals surface area contributed by atoms with Crippen molar-refractivity contribution in [3.8, 4) is 0 Å². The molecule has 1 fully saturated rings. The Morgan fingerprint density at radius 3 is 2.95 bits per heavy atom. The highest BCUT2D eigenvalue weighted by Gasteiger charge is 2.36. The second kappa shape index (κ2) is 5.38. The van der Waals surface area contributed by atoms with Gasteiger partial charge in [0.05, 0.1) is 0 Å². The Morgan fingerprint density at radius 1 is 1.33 bits per heavy atom. The molecule has 1 nitrogen and oxygen atoms in total. The fourth-order valence-corrected chi connectivity index (χ4v) is 5.84. The minimum absolute atomic E-state index is 0.605. The number of halogens is 1. The van der Waals surface area contributed by atoms with Gasteiger partial charge < -0.3 is 0 Å². The molecule has 0 spiro atoms. The van der Waals surface area contributed by atoms with Crippen molar-refractivity contribution < 1.29 is 0 Å². The molecule has 2 aliphatic heterocycles. The van der Waals surface area contributed by atoms with Gasteiger partial charge in [0.2, 0.25) is 0 Å². The Balaban J connectivity index is 1.75. The molecule has 21 heavy (non-hydrogen) atoms. The quantitative estimate of drug-likeness (QED) is 0.656. The summed E-state index contributed by atoms with van der Waals surface area (Å²) in [5.41, 5.74) is 1.54. The van der Waals surface area contributed by atoms with Crippen LogP contribution in [0.15, 0.2) is 47.5 Å². The molecule has 2 aliphatic rings. The monoisotopic (exact) mass is 359 g/mol. The normalized spacial score (nSPS) is 25.3. The van der Waals surface area contributed by atoms with Gasteiger partial charge in [-0.1, -0.05) is 30.4 Å². The van der Waals surface area contributed by atoms with Gasteiger partial charge in [0.1, 0.15) is 0 Å². The lowest BCUT2D eigenvalue weighted by molar-refractivity contribution is 0.237. The minimum Gasteiger partial charge on any atom is -0.290 e. The third-order valence-electron chi connectivity index (χ3n) is 4.71. The topological polar surface area (TPSA) is 3.24 Å². The van der Waals surface area contributed by atoms with Gasteiger partial charge in [-0.2, -0.15) is 0 Å². The predicted octanol–water partition coefficient (Wildman–Crippen LogP) is 5.47. The molecule has 4 rings (SSSR count). The Kier molecular flexibility index (Phi) is 3.52. The third kappa shape index (κ3) is 2.23. The van der Waals surface area contributed by atoms with Crippen LogP contribution in [0, 0.1) is 0 Å². The molecular weight excluding hydrogens is 342 g/mol. The maximum Gasteiger partial charge on any atom is 0.0455 e. The molecule has 0 amide bonds. The highest BCUT2D eigenvalue weighted by atomic mass is 79.9. The molecular formula is C18H18BrNS.